The first-order valence-corrected chi connectivity index (χ1v) is 4.08. The highest BCUT2D eigenvalue weighted by molar-refractivity contribution is 5.84. The molecule has 0 unspecified atom stereocenters. The van der Waals surface area contributed by atoms with E-state index in [-0.39, 0.29) is 5.78 Å². The molecule has 2 aliphatic heterocycles. The molecule has 2 heterocycles. The van der Waals surface area contributed by atoms with Crippen LogP contribution >= 0.6 is 0 Å². The van der Waals surface area contributed by atoms with Gasteiger partial charge in [0.25, 0.3) is 0 Å². The molecule has 0 aromatic carbocycles. The summed E-state index contributed by atoms with van der Waals surface area (Å²) in [6, 6.07) is 0. The van der Waals surface area contributed by atoms with E-state index in [4.69, 9.17) is 14.2 Å². The van der Waals surface area contributed by atoms with Crippen LogP contribution in [0.3, 0.4) is 0 Å². The Morgan fingerprint density at radius 2 is 2.17 bits per heavy atom. The van der Waals surface area contributed by atoms with E-state index in [2.05, 4.69) is 0 Å². The third-order valence-electron chi connectivity index (χ3n) is 2.01. The molecular weight excluding hydrogens is 160 g/mol. The van der Waals surface area contributed by atoms with Gasteiger partial charge in [-0.15, -0.1) is 0 Å². The van der Waals surface area contributed by atoms with E-state index in [1.165, 1.54) is 0 Å². The van der Waals surface area contributed by atoms with Crippen molar-refractivity contribution in [2.75, 3.05) is 6.61 Å². The van der Waals surface area contributed by atoms with Gasteiger partial charge in [-0.3, -0.25) is 4.79 Å². The van der Waals surface area contributed by atoms with Crippen molar-refractivity contribution in [1.82, 2.24) is 0 Å². The Labute approximate surface area is 70.8 Å². The van der Waals surface area contributed by atoms with Crippen LogP contribution in [0.4, 0.5) is 0 Å². The molecule has 0 aromatic rings. The molecule has 0 amide bonds. The van der Waals surface area contributed by atoms with Crippen molar-refractivity contribution < 1.29 is 19.0 Å². The van der Waals surface area contributed by atoms with Crippen molar-refractivity contribution >= 4 is 5.78 Å². The summed E-state index contributed by atoms with van der Waals surface area (Å²) in [6.07, 6.45) is -0.560. The molecule has 12 heavy (non-hydrogen) atoms. The van der Waals surface area contributed by atoms with Crippen molar-refractivity contribution in [3.05, 3.63) is 0 Å². The zero-order valence-corrected chi connectivity index (χ0v) is 7.20. The molecule has 0 spiro atoms. The largest absolute Gasteiger partial charge is 0.349 e. The van der Waals surface area contributed by atoms with Gasteiger partial charge in [0.1, 0.15) is 0 Å². The molecule has 2 saturated heterocycles. The smallest absolute Gasteiger partial charge is 0.194 e. The zero-order chi connectivity index (χ0) is 8.77. The monoisotopic (exact) mass is 172 g/mol. The molecule has 2 atom stereocenters. The fourth-order valence-electron chi connectivity index (χ4n) is 1.49. The minimum Gasteiger partial charge on any atom is -0.349 e. The highest BCUT2D eigenvalue weighted by atomic mass is 16.8. The van der Waals surface area contributed by atoms with Gasteiger partial charge in [-0.2, -0.15) is 0 Å². The van der Waals surface area contributed by atoms with Crippen LogP contribution in [-0.4, -0.2) is 30.6 Å². The minimum absolute atomic E-state index is 0.0804. The SMILES string of the molecule is CC1(C)O[C@@H]2OCCC(=O)[C@@H]2O1. The van der Waals surface area contributed by atoms with E-state index in [1.807, 2.05) is 0 Å². The maximum Gasteiger partial charge on any atom is 0.194 e. The Bertz CT molecular complexity index is 211. The normalized spacial score (nSPS) is 39.7. The molecule has 4 heteroatoms. The van der Waals surface area contributed by atoms with Gasteiger partial charge in [-0.1, -0.05) is 0 Å². The lowest BCUT2D eigenvalue weighted by molar-refractivity contribution is -0.191. The third-order valence-corrected chi connectivity index (χ3v) is 2.01. The Morgan fingerprint density at radius 3 is 2.83 bits per heavy atom. The highest BCUT2D eigenvalue weighted by Gasteiger charge is 2.47. The second-order valence-electron chi connectivity index (χ2n) is 3.51. The van der Waals surface area contributed by atoms with Gasteiger partial charge in [-0.05, 0) is 13.8 Å². The lowest BCUT2D eigenvalue weighted by atomic mass is 10.1. The number of carbonyl (C=O) groups excluding carboxylic acids is 1. The Balaban J connectivity index is 2.14. The topological polar surface area (TPSA) is 44.8 Å². The van der Waals surface area contributed by atoms with Gasteiger partial charge in [0.05, 0.1) is 6.61 Å². The van der Waals surface area contributed by atoms with Crippen LogP contribution in [0.5, 0.6) is 0 Å². The van der Waals surface area contributed by atoms with Crippen molar-refractivity contribution in [3.8, 4) is 0 Å². The summed E-state index contributed by atoms with van der Waals surface area (Å²) in [5, 5.41) is 0. The second-order valence-corrected chi connectivity index (χ2v) is 3.51. The maximum absolute atomic E-state index is 11.3. The summed E-state index contributed by atoms with van der Waals surface area (Å²) in [5.41, 5.74) is 0. The van der Waals surface area contributed by atoms with Crippen LogP contribution in [-0.2, 0) is 19.0 Å². The second kappa shape index (κ2) is 2.52. The van der Waals surface area contributed by atoms with Crippen molar-refractivity contribution in [1.29, 1.82) is 0 Å². The number of fused-ring (bicyclic) bond motifs is 1. The van der Waals surface area contributed by atoms with Crippen molar-refractivity contribution in [3.63, 3.8) is 0 Å². The minimum atomic E-state index is -0.685. The van der Waals surface area contributed by atoms with Crippen LogP contribution in [0.25, 0.3) is 0 Å². The summed E-state index contributed by atoms with van der Waals surface area (Å²) < 4.78 is 16.0. The Kier molecular flexibility index (Phi) is 1.71. The maximum atomic E-state index is 11.3. The van der Waals surface area contributed by atoms with Gasteiger partial charge in [0, 0.05) is 6.42 Å². The molecule has 0 aromatic heterocycles. The molecule has 0 N–H and O–H groups in total. The average molecular weight is 172 g/mol. The van der Waals surface area contributed by atoms with E-state index in [0.717, 1.165) is 0 Å². The number of rotatable bonds is 0. The fraction of sp³-hybridized carbons (Fsp3) is 0.875. The van der Waals surface area contributed by atoms with Crippen LogP contribution < -0.4 is 0 Å². The summed E-state index contributed by atoms with van der Waals surface area (Å²) in [7, 11) is 0. The van der Waals surface area contributed by atoms with E-state index >= 15 is 0 Å². The van der Waals surface area contributed by atoms with Crippen molar-refractivity contribution in [2.24, 2.45) is 0 Å². The Morgan fingerprint density at radius 1 is 1.42 bits per heavy atom. The number of hydrogen-bond donors (Lipinski definition) is 0. The standard InChI is InChI=1S/C8H12O4/c1-8(2)11-6-5(9)3-4-10-7(6)12-8/h6-7H,3-4H2,1-2H3/t6-,7-/m0/s1. The highest BCUT2D eigenvalue weighted by Crippen LogP contribution is 2.31. The van der Waals surface area contributed by atoms with Crippen molar-refractivity contribution in [2.45, 2.75) is 38.4 Å². The van der Waals surface area contributed by atoms with E-state index in [1.54, 1.807) is 13.8 Å². The molecule has 4 nitrogen and oxygen atoms in total. The average Bonchev–Trinajstić information content (AvgIpc) is 2.25. The molecule has 68 valence electrons. The predicted molar refractivity (Wildman–Crippen MR) is 39.4 cm³/mol. The van der Waals surface area contributed by atoms with Crippen LogP contribution in [0.1, 0.15) is 20.3 Å². The number of Topliss-reactive ketones (excluding diaryl/α,β-unsaturated/α-hetero) is 1. The summed E-state index contributed by atoms with van der Waals surface area (Å²) in [4.78, 5) is 11.3. The van der Waals surface area contributed by atoms with Gasteiger partial charge in [-0.25, -0.2) is 0 Å². The molecule has 2 aliphatic rings. The summed E-state index contributed by atoms with van der Waals surface area (Å²) >= 11 is 0. The lowest BCUT2D eigenvalue weighted by Crippen LogP contribution is -2.38. The molecule has 2 rings (SSSR count). The molecule has 0 bridgehead atoms. The third kappa shape index (κ3) is 1.26. The van der Waals surface area contributed by atoms with Gasteiger partial charge in [0.15, 0.2) is 24.0 Å². The van der Waals surface area contributed by atoms with E-state index in [9.17, 15) is 4.79 Å². The van der Waals surface area contributed by atoms with E-state index < -0.39 is 18.2 Å². The summed E-state index contributed by atoms with van der Waals surface area (Å²) in [6.45, 7) is 4.00. The van der Waals surface area contributed by atoms with Crippen LogP contribution in [0.2, 0.25) is 0 Å². The molecule has 0 saturated carbocycles. The lowest BCUT2D eigenvalue weighted by Gasteiger charge is -2.20. The number of carbonyl (C=O) groups is 1. The summed E-state index contributed by atoms with van der Waals surface area (Å²) in [5.74, 6) is -0.605. The van der Waals surface area contributed by atoms with Gasteiger partial charge in [0.2, 0.25) is 0 Å². The quantitative estimate of drug-likeness (QED) is 0.532. The number of ether oxygens (including phenoxy) is 3. The van der Waals surface area contributed by atoms with Crippen LogP contribution in [0.15, 0.2) is 0 Å². The van der Waals surface area contributed by atoms with E-state index in [0.29, 0.717) is 13.0 Å². The van der Waals surface area contributed by atoms with Gasteiger partial charge < -0.3 is 14.2 Å². The predicted octanol–water partition coefficient (Wildman–Crippen LogP) is 0.453. The molecular formula is C8H12O4. The number of hydrogen-bond acceptors (Lipinski definition) is 4. The fourth-order valence-corrected chi connectivity index (χ4v) is 1.49. The van der Waals surface area contributed by atoms with Crippen LogP contribution in [0, 0.1) is 0 Å². The zero-order valence-electron chi connectivity index (χ0n) is 7.20. The first-order chi connectivity index (χ1) is 5.58. The molecule has 2 fully saturated rings. The molecule has 0 radical (unpaired) electrons. The Hall–Kier alpha value is -0.450. The molecule has 0 aliphatic carbocycles. The van der Waals surface area contributed by atoms with Gasteiger partial charge >= 0.3 is 0 Å². The number of ketones is 1. The first kappa shape index (κ1) is 8.16. The first-order valence-electron chi connectivity index (χ1n) is 4.08.